The van der Waals surface area contributed by atoms with Crippen LogP contribution in [-0.2, 0) is 5.88 Å². The van der Waals surface area contributed by atoms with Gasteiger partial charge in [-0.25, -0.2) is 8.78 Å². The zero-order chi connectivity index (χ0) is 14.0. The Morgan fingerprint density at radius 3 is 2.47 bits per heavy atom. The Hall–Kier alpha value is -0.870. The molecule has 0 radical (unpaired) electrons. The first kappa shape index (κ1) is 14.5. The van der Waals surface area contributed by atoms with Gasteiger partial charge < -0.3 is 9.80 Å². The van der Waals surface area contributed by atoms with Crippen molar-refractivity contribution in [1.82, 2.24) is 4.90 Å². The molecule has 1 fully saturated rings. The smallest absolute Gasteiger partial charge is 0.149 e. The molecule has 5 heteroatoms. The van der Waals surface area contributed by atoms with E-state index in [0.29, 0.717) is 12.1 Å². The van der Waals surface area contributed by atoms with Crippen LogP contribution in [0.1, 0.15) is 18.9 Å². The van der Waals surface area contributed by atoms with Crippen molar-refractivity contribution in [3.63, 3.8) is 0 Å². The van der Waals surface area contributed by atoms with E-state index in [4.69, 9.17) is 11.6 Å². The summed E-state index contributed by atoms with van der Waals surface area (Å²) in [5.41, 5.74) is 0.552. The number of hydrogen-bond donors (Lipinski definition) is 0. The first-order chi connectivity index (χ1) is 9.02. The molecule has 2 nitrogen and oxygen atoms in total. The molecule has 0 N–H and O–H groups in total. The van der Waals surface area contributed by atoms with Crippen LogP contribution in [0.4, 0.5) is 14.5 Å². The minimum Gasteiger partial charge on any atom is -0.363 e. The summed E-state index contributed by atoms with van der Waals surface area (Å²) in [6, 6.07) is 2.73. The average molecular weight is 289 g/mol. The van der Waals surface area contributed by atoms with Gasteiger partial charge in [0.15, 0.2) is 0 Å². The number of nitrogens with zero attached hydrogens (tertiary/aromatic N) is 2. The predicted octanol–water partition coefficient (Wildman–Crippen LogP) is 3.23. The molecule has 1 aromatic carbocycles. The van der Waals surface area contributed by atoms with Gasteiger partial charge in [0.1, 0.15) is 17.3 Å². The van der Waals surface area contributed by atoms with E-state index in [1.807, 2.05) is 18.9 Å². The SMILES string of the molecule is CC1CN(C)CCCN1c1c(F)cc(CCl)cc1F. The van der Waals surface area contributed by atoms with Crippen molar-refractivity contribution in [3.8, 4) is 0 Å². The fourth-order valence-corrected chi connectivity index (χ4v) is 2.83. The first-order valence-electron chi connectivity index (χ1n) is 6.52. The van der Waals surface area contributed by atoms with Gasteiger partial charge in [-0.1, -0.05) is 0 Å². The molecule has 1 atom stereocenters. The van der Waals surface area contributed by atoms with Gasteiger partial charge >= 0.3 is 0 Å². The predicted molar refractivity (Wildman–Crippen MR) is 74.8 cm³/mol. The maximum Gasteiger partial charge on any atom is 0.149 e. The van der Waals surface area contributed by atoms with Gasteiger partial charge in [-0.3, -0.25) is 0 Å². The normalized spacial score (nSPS) is 21.5. The lowest BCUT2D eigenvalue weighted by atomic mass is 10.1. The summed E-state index contributed by atoms with van der Waals surface area (Å²) in [6.45, 7) is 4.41. The topological polar surface area (TPSA) is 6.48 Å². The van der Waals surface area contributed by atoms with Crippen molar-refractivity contribution in [3.05, 3.63) is 29.3 Å². The van der Waals surface area contributed by atoms with Gasteiger partial charge in [0.05, 0.1) is 0 Å². The van der Waals surface area contributed by atoms with Crippen LogP contribution in [0.3, 0.4) is 0 Å². The lowest BCUT2D eigenvalue weighted by Crippen LogP contribution is -2.39. The van der Waals surface area contributed by atoms with E-state index in [1.54, 1.807) is 0 Å². The largest absolute Gasteiger partial charge is 0.363 e. The Bertz CT molecular complexity index is 430. The molecule has 1 aliphatic rings. The summed E-state index contributed by atoms with van der Waals surface area (Å²) in [6.07, 6.45) is 0.900. The minimum atomic E-state index is -0.521. The molecule has 0 bridgehead atoms. The minimum absolute atomic E-state index is 0.0802. The monoisotopic (exact) mass is 288 g/mol. The summed E-state index contributed by atoms with van der Waals surface area (Å²) in [7, 11) is 2.03. The third kappa shape index (κ3) is 3.18. The first-order valence-corrected chi connectivity index (χ1v) is 7.05. The zero-order valence-corrected chi connectivity index (χ0v) is 12.1. The lowest BCUT2D eigenvalue weighted by molar-refractivity contribution is 0.336. The second-order valence-electron chi connectivity index (χ2n) is 5.20. The summed E-state index contributed by atoms with van der Waals surface area (Å²) in [5.74, 6) is -0.925. The van der Waals surface area contributed by atoms with Gasteiger partial charge in [-0.2, -0.15) is 0 Å². The highest BCUT2D eigenvalue weighted by Gasteiger charge is 2.25. The molecule has 1 aromatic rings. The van der Waals surface area contributed by atoms with E-state index < -0.39 is 11.6 Å². The van der Waals surface area contributed by atoms with Crippen molar-refractivity contribution in [2.45, 2.75) is 25.3 Å². The number of benzene rings is 1. The van der Waals surface area contributed by atoms with Gasteiger partial charge in [-0.15, -0.1) is 11.6 Å². The number of anilines is 1. The van der Waals surface area contributed by atoms with E-state index in [-0.39, 0.29) is 17.6 Å². The summed E-state index contributed by atoms with van der Waals surface area (Å²) in [4.78, 5) is 4.01. The maximum atomic E-state index is 14.1. The number of likely N-dealkylation sites (N-methyl/N-ethyl adjacent to an activating group) is 1. The third-order valence-corrected chi connectivity index (χ3v) is 3.87. The fraction of sp³-hybridized carbons (Fsp3) is 0.571. The molecule has 1 aliphatic heterocycles. The van der Waals surface area contributed by atoms with Crippen molar-refractivity contribution in [2.24, 2.45) is 0 Å². The number of rotatable bonds is 2. The van der Waals surface area contributed by atoms with Gasteiger partial charge in [0.25, 0.3) is 0 Å². The second-order valence-corrected chi connectivity index (χ2v) is 5.47. The number of hydrogen-bond acceptors (Lipinski definition) is 2. The Labute approximate surface area is 117 Å². The third-order valence-electron chi connectivity index (χ3n) is 3.57. The van der Waals surface area contributed by atoms with Crippen LogP contribution < -0.4 is 4.90 Å². The van der Waals surface area contributed by atoms with Gasteiger partial charge in [0.2, 0.25) is 0 Å². The number of alkyl halides is 1. The van der Waals surface area contributed by atoms with Gasteiger partial charge in [0, 0.05) is 25.0 Å². The van der Waals surface area contributed by atoms with Crippen LogP contribution in [0, 0.1) is 11.6 Å². The number of halogens is 3. The van der Waals surface area contributed by atoms with E-state index in [0.717, 1.165) is 19.5 Å². The van der Waals surface area contributed by atoms with Crippen LogP contribution in [-0.4, -0.2) is 37.6 Å². The molecule has 0 amide bonds. The average Bonchev–Trinajstić information content (AvgIpc) is 2.50. The van der Waals surface area contributed by atoms with Crippen LogP contribution in [0.5, 0.6) is 0 Å². The summed E-state index contributed by atoms with van der Waals surface area (Å²) >= 11 is 5.63. The molecule has 1 unspecified atom stereocenters. The van der Waals surface area contributed by atoms with Crippen molar-refractivity contribution >= 4 is 17.3 Å². The molecule has 0 spiro atoms. The van der Waals surface area contributed by atoms with Crippen molar-refractivity contribution in [1.29, 1.82) is 0 Å². The van der Waals surface area contributed by atoms with Crippen molar-refractivity contribution < 1.29 is 8.78 Å². The zero-order valence-electron chi connectivity index (χ0n) is 11.3. The van der Waals surface area contributed by atoms with E-state index in [1.165, 1.54) is 12.1 Å². The van der Waals surface area contributed by atoms with Crippen LogP contribution in [0.25, 0.3) is 0 Å². The van der Waals surface area contributed by atoms with Crippen LogP contribution in [0.2, 0.25) is 0 Å². The molecular weight excluding hydrogens is 270 g/mol. The highest BCUT2D eigenvalue weighted by atomic mass is 35.5. The molecule has 1 saturated heterocycles. The Kier molecular flexibility index (Phi) is 4.63. The molecule has 0 aliphatic carbocycles. The second kappa shape index (κ2) is 6.06. The van der Waals surface area contributed by atoms with Crippen LogP contribution >= 0.6 is 11.6 Å². The Morgan fingerprint density at radius 2 is 1.89 bits per heavy atom. The van der Waals surface area contributed by atoms with Gasteiger partial charge in [-0.05, 0) is 44.6 Å². The fourth-order valence-electron chi connectivity index (χ4n) is 2.67. The standard InChI is InChI=1S/C14H19ClF2N2/c1-10-9-18(2)4-3-5-19(10)14-12(16)6-11(8-15)7-13(14)17/h6-7,10H,3-5,8-9H2,1-2H3. The Morgan fingerprint density at radius 1 is 1.26 bits per heavy atom. The van der Waals surface area contributed by atoms with E-state index >= 15 is 0 Å². The highest BCUT2D eigenvalue weighted by molar-refractivity contribution is 6.17. The highest BCUT2D eigenvalue weighted by Crippen LogP contribution is 2.28. The van der Waals surface area contributed by atoms with E-state index in [9.17, 15) is 8.78 Å². The molecule has 0 aromatic heterocycles. The molecule has 2 rings (SSSR count). The summed E-state index contributed by atoms with van der Waals surface area (Å²) in [5, 5.41) is 0. The van der Waals surface area contributed by atoms with E-state index in [2.05, 4.69) is 4.90 Å². The van der Waals surface area contributed by atoms with Crippen molar-refractivity contribution in [2.75, 3.05) is 31.6 Å². The lowest BCUT2D eigenvalue weighted by Gasteiger charge is -2.30. The summed E-state index contributed by atoms with van der Waals surface area (Å²) < 4.78 is 28.3. The quantitative estimate of drug-likeness (QED) is 0.771. The Balaban J connectivity index is 2.35. The molecule has 19 heavy (non-hydrogen) atoms. The van der Waals surface area contributed by atoms with Crippen LogP contribution in [0.15, 0.2) is 12.1 Å². The molecular formula is C14H19ClF2N2. The molecule has 106 valence electrons. The molecule has 1 heterocycles. The molecule has 0 saturated carbocycles. The maximum absolute atomic E-state index is 14.1.